The number of unbranched alkanes of at least 4 members (excludes halogenated alkanes) is 25. The fourth-order valence-electron chi connectivity index (χ4n) is 8.79. The molecule has 8 nitrogen and oxygen atoms in total. The van der Waals surface area contributed by atoms with Crippen molar-refractivity contribution in [1.82, 2.24) is 5.32 Å². The first-order chi connectivity index (χ1) is 39.0. The molecule has 0 aliphatic carbocycles. The van der Waals surface area contributed by atoms with Gasteiger partial charge in [-0.25, -0.2) is 0 Å². The predicted molar refractivity (Wildman–Crippen MR) is 348 cm³/mol. The van der Waals surface area contributed by atoms with Gasteiger partial charge in [0.15, 0.2) is 0 Å². The van der Waals surface area contributed by atoms with E-state index in [9.17, 15) is 19.4 Å². The summed E-state index contributed by atoms with van der Waals surface area (Å²) in [6, 6.07) is -0.920. The number of rotatable bonds is 58. The summed E-state index contributed by atoms with van der Waals surface area (Å²) in [5, 5.41) is 13.9. The summed E-state index contributed by atoms with van der Waals surface area (Å²) >= 11 is 0. The van der Waals surface area contributed by atoms with Gasteiger partial charge < -0.3 is 28.8 Å². The number of aliphatic hydroxyl groups excluding tert-OH is 1. The summed E-state index contributed by atoms with van der Waals surface area (Å²) in [7, 11) is 1.22. The van der Waals surface area contributed by atoms with Gasteiger partial charge in [-0.15, -0.1) is 0 Å². The van der Waals surface area contributed by atoms with Crippen LogP contribution in [0.1, 0.15) is 258 Å². The summed E-state index contributed by atoms with van der Waals surface area (Å²) in [6.07, 6.45) is 91.2. The van der Waals surface area contributed by atoms with Crippen LogP contribution >= 0.6 is 7.82 Å². The smallest absolute Gasteiger partial charge is 0.268 e. The quantitative estimate of drug-likeness (QED) is 0.0272. The molecule has 0 heterocycles. The highest BCUT2D eigenvalue weighted by atomic mass is 31.2. The molecule has 9 heteroatoms. The van der Waals surface area contributed by atoms with E-state index in [0.717, 1.165) is 96.3 Å². The van der Waals surface area contributed by atoms with E-state index in [-0.39, 0.29) is 12.5 Å². The van der Waals surface area contributed by atoms with Gasteiger partial charge in [0.05, 0.1) is 39.9 Å². The van der Waals surface area contributed by atoms with Crippen LogP contribution in [-0.2, 0) is 18.4 Å². The molecular formula is C71H123N2O6P. The van der Waals surface area contributed by atoms with Gasteiger partial charge in [0.1, 0.15) is 13.2 Å². The Hall–Kier alpha value is -3.36. The summed E-state index contributed by atoms with van der Waals surface area (Å²) in [5.41, 5.74) is 0. The minimum Gasteiger partial charge on any atom is -0.756 e. The van der Waals surface area contributed by atoms with Gasteiger partial charge in [-0.3, -0.25) is 9.36 Å². The van der Waals surface area contributed by atoms with Crippen LogP contribution in [0.4, 0.5) is 0 Å². The number of aliphatic hydroxyl groups is 1. The van der Waals surface area contributed by atoms with Crippen LogP contribution in [0.3, 0.4) is 0 Å². The molecule has 0 saturated heterocycles. The van der Waals surface area contributed by atoms with Crippen LogP contribution in [0.5, 0.6) is 0 Å². The molecule has 80 heavy (non-hydrogen) atoms. The SMILES string of the molecule is CC/C=C\C/C=C\C/C=C\C/C=C\C/C=C\C/C=C\C/C=C\C/C=C\CCCCCCCCCCCCCCC(=O)NC(COP(=O)([O-])OCC[N+](C)(C)C)C(O)/C=C/CC/C=C/CC/C=C/CCCCCCCCCCCCC. The zero-order valence-corrected chi connectivity index (χ0v) is 53.1. The number of quaternary nitrogens is 1. The molecule has 0 bridgehead atoms. The van der Waals surface area contributed by atoms with Crippen molar-refractivity contribution in [2.24, 2.45) is 0 Å². The summed E-state index contributed by atoms with van der Waals surface area (Å²) in [5.74, 6) is -0.217. The van der Waals surface area contributed by atoms with Crippen LogP contribution in [0.25, 0.3) is 0 Å². The van der Waals surface area contributed by atoms with Crippen molar-refractivity contribution in [1.29, 1.82) is 0 Å². The first kappa shape index (κ1) is 76.6. The van der Waals surface area contributed by atoms with E-state index in [1.165, 1.54) is 141 Å². The molecule has 2 N–H and O–H groups in total. The molecule has 0 radical (unpaired) electrons. The Morgan fingerprint density at radius 1 is 0.450 bits per heavy atom. The van der Waals surface area contributed by atoms with Gasteiger partial charge >= 0.3 is 0 Å². The lowest BCUT2D eigenvalue weighted by Crippen LogP contribution is -2.45. The molecule has 0 aromatic rings. The maximum absolute atomic E-state index is 13.0. The number of hydrogen-bond acceptors (Lipinski definition) is 6. The van der Waals surface area contributed by atoms with Crippen molar-refractivity contribution >= 4 is 13.7 Å². The molecule has 0 fully saturated rings. The van der Waals surface area contributed by atoms with Crippen molar-refractivity contribution < 1.29 is 32.9 Å². The molecule has 3 unspecified atom stereocenters. The fourth-order valence-corrected chi connectivity index (χ4v) is 9.51. The highest BCUT2D eigenvalue weighted by molar-refractivity contribution is 7.45. The lowest BCUT2D eigenvalue weighted by atomic mass is 10.0. The monoisotopic (exact) mass is 1130 g/mol. The summed E-state index contributed by atoms with van der Waals surface area (Å²) in [4.78, 5) is 25.6. The van der Waals surface area contributed by atoms with Crippen molar-refractivity contribution in [3.05, 3.63) is 134 Å². The average molecular weight is 1130 g/mol. The number of nitrogens with zero attached hydrogens (tertiary/aromatic N) is 1. The third-order valence-electron chi connectivity index (χ3n) is 13.8. The van der Waals surface area contributed by atoms with Crippen molar-refractivity contribution in [2.75, 3.05) is 40.9 Å². The fraction of sp³-hybridized carbons (Fsp3) is 0.676. The molecule has 0 saturated carbocycles. The number of likely N-dealkylation sites (N-methyl/N-ethyl adjacent to an activating group) is 1. The predicted octanol–water partition coefficient (Wildman–Crippen LogP) is 20.0. The lowest BCUT2D eigenvalue weighted by Gasteiger charge is -2.29. The van der Waals surface area contributed by atoms with Gasteiger partial charge in [0.25, 0.3) is 7.82 Å². The molecule has 3 atom stereocenters. The van der Waals surface area contributed by atoms with Crippen LogP contribution in [-0.4, -0.2) is 68.5 Å². The number of amides is 1. The number of carbonyl (C=O) groups excluding carboxylic acids is 1. The van der Waals surface area contributed by atoms with E-state index < -0.39 is 26.6 Å². The number of nitrogens with one attached hydrogen (secondary N) is 1. The molecule has 0 spiro atoms. The molecule has 0 aliphatic heterocycles. The van der Waals surface area contributed by atoms with Gasteiger partial charge in [-0.1, -0.05) is 276 Å². The Balaban J connectivity index is 4.18. The van der Waals surface area contributed by atoms with Crippen LogP contribution in [0.15, 0.2) is 134 Å². The average Bonchev–Trinajstić information content (AvgIpc) is 3.42. The Morgan fingerprint density at radius 3 is 1.16 bits per heavy atom. The molecule has 1 amide bonds. The van der Waals surface area contributed by atoms with E-state index in [2.05, 4.69) is 141 Å². The Bertz CT molecular complexity index is 1760. The van der Waals surface area contributed by atoms with E-state index in [1.54, 1.807) is 6.08 Å². The van der Waals surface area contributed by atoms with Crippen molar-refractivity contribution in [3.63, 3.8) is 0 Å². The number of phosphoric ester groups is 1. The second-order valence-electron chi connectivity index (χ2n) is 22.7. The first-order valence-electron chi connectivity index (χ1n) is 32.5. The standard InChI is InChI=1S/C71H123N2O6P/c1-6-8-10-12-14-16-18-20-22-24-26-28-29-30-31-32-33-34-35-36-37-38-39-40-41-42-43-45-47-49-51-53-55-57-59-61-63-65-71(75)72-69(68-79-80(76,77)78-67-66-73(3,4)5)70(74)64-62-60-58-56-54-52-50-48-46-44-27-25-23-21-19-17-15-13-11-9-7-2/h8,10,14,16,20,22,26,28,30-31,33-34,36-37,39-40,46,48,54,56,62,64,69-70,74H,6-7,9,11-13,15,17-19,21,23-25,27,29,32,35,38,41-45,47,49-53,55,57-61,63,65-68H2,1-5H3,(H-,72,75,76,77)/b10-8-,16-14-,22-20-,28-26-,31-30-,34-33-,37-36-,40-39-,48-46+,56-54+,64-62+. The largest absolute Gasteiger partial charge is 0.756 e. The second-order valence-corrected chi connectivity index (χ2v) is 24.1. The minimum atomic E-state index is -4.62. The van der Waals surface area contributed by atoms with Gasteiger partial charge in [-0.05, 0) is 109 Å². The Kier molecular flexibility index (Phi) is 57.7. The third kappa shape index (κ3) is 62.2. The summed E-state index contributed by atoms with van der Waals surface area (Å²) < 4.78 is 23.4. The van der Waals surface area contributed by atoms with Crippen LogP contribution in [0.2, 0.25) is 0 Å². The molecule has 0 aromatic carbocycles. The third-order valence-corrected chi connectivity index (χ3v) is 14.8. The lowest BCUT2D eigenvalue weighted by molar-refractivity contribution is -0.870. The normalized spacial score (nSPS) is 14.6. The van der Waals surface area contributed by atoms with Gasteiger partial charge in [0, 0.05) is 6.42 Å². The zero-order chi connectivity index (χ0) is 58.4. The molecule has 0 aliphatic rings. The van der Waals surface area contributed by atoms with E-state index in [1.807, 2.05) is 27.2 Å². The van der Waals surface area contributed by atoms with Crippen molar-refractivity contribution in [3.8, 4) is 0 Å². The number of hydrogen-bond donors (Lipinski definition) is 2. The first-order valence-corrected chi connectivity index (χ1v) is 34.0. The van der Waals surface area contributed by atoms with E-state index in [4.69, 9.17) is 9.05 Å². The number of allylic oxidation sites excluding steroid dienone is 21. The van der Waals surface area contributed by atoms with Gasteiger partial charge in [0.2, 0.25) is 5.91 Å². The summed E-state index contributed by atoms with van der Waals surface area (Å²) in [6.45, 7) is 4.50. The number of phosphoric acid groups is 1. The van der Waals surface area contributed by atoms with E-state index >= 15 is 0 Å². The zero-order valence-electron chi connectivity index (χ0n) is 52.2. The number of carbonyl (C=O) groups is 1. The van der Waals surface area contributed by atoms with Gasteiger partial charge in [-0.2, -0.15) is 0 Å². The van der Waals surface area contributed by atoms with Crippen LogP contribution < -0.4 is 10.2 Å². The molecule has 458 valence electrons. The van der Waals surface area contributed by atoms with E-state index in [0.29, 0.717) is 17.4 Å². The maximum Gasteiger partial charge on any atom is 0.268 e. The topological polar surface area (TPSA) is 108 Å². The highest BCUT2D eigenvalue weighted by Crippen LogP contribution is 2.38. The Morgan fingerprint density at radius 2 is 0.775 bits per heavy atom. The minimum absolute atomic E-state index is 0.0151. The highest BCUT2D eigenvalue weighted by Gasteiger charge is 2.23. The van der Waals surface area contributed by atoms with Crippen molar-refractivity contribution in [2.45, 2.75) is 270 Å². The maximum atomic E-state index is 13.0. The second kappa shape index (κ2) is 60.2. The molecule has 0 aromatic heterocycles. The Labute approximate surface area is 494 Å². The molecular weight excluding hydrogens is 1010 g/mol. The van der Waals surface area contributed by atoms with Crippen LogP contribution in [0, 0.1) is 0 Å². The molecule has 0 rings (SSSR count).